The van der Waals surface area contributed by atoms with E-state index in [1.807, 2.05) is 13.8 Å². The van der Waals surface area contributed by atoms with Gasteiger partial charge in [0, 0.05) is 12.6 Å². The summed E-state index contributed by atoms with van der Waals surface area (Å²) in [7, 11) is 0. The molecule has 66 valence electrons. The summed E-state index contributed by atoms with van der Waals surface area (Å²) in [6.07, 6.45) is 0. The van der Waals surface area contributed by atoms with Gasteiger partial charge in [-0.25, -0.2) is 0 Å². The molecule has 0 aliphatic heterocycles. The third-order valence-electron chi connectivity index (χ3n) is 1.28. The molecule has 0 spiro atoms. The third-order valence-corrected chi connectivity index (χ3v) is 1.59. The maximum Gasteiger partial charge on any atom is 0.228 e. The van der Waals surface area contributed by atoms with Crippen LogP contribution in [0.2, 0.25) is 0 Å². The molecule has 0 amide bonds. The second kappa shape index (κ2) is 5.49. The van der Waals surface area contributed by atoms with Crippen molar-refractivity contribution >= 4 is 16.8 Å². The number of alkyl halides is 1. The standard InChI is InChI=1S/C7H13ClFNO/c1-5(2)10-4-6(3-9)7(8)11/h5-6,10H,3-4H2,1-2H3. The van der Waals surface area contributed by atoms with Crippen molar-refractivity contribution in [3.63, 3.8) is 0 Å². The fourth-order valence-corrected chi connectivity index (χ4v) is 0.709. The van der Waals surface area contributed by atoms with Crippen LogP contribution in [0.4, 0.5) is 4.39 Å². The Kier molecular flexibility index (Phi) is 5.42. The first-order chi connectivity index (χ1) is 5.07. The van der Waals surface area contributed by atoms with E-state index in [9.17, 15) is 9.18 Å². The van der Waals surface area contributed by atoms with Gasteiger partial charge in [-0.15, -0.1) is 0 Å². The Balaban J connectivity index is 3.61. The molecular formula is C7H13ClFNO. The minimum Gasteiger partial charge on any atom is -0.314 e. The lowest BCUT2D eigenvalue weighted by Crippen LogP contribution is -2.32. The molecule has 0 aromatic rings. The molecule has 0 fully saturated rings. The molecule has 0 aliphatic carbocycles. The average Bonchev–Trinajstić information content (AvgIpc) is 1.87. The molecule has 0 bridgehead atoms. The summed E-state index contributed by atoms with van der Waals surface area (Å²) in [4.78, 5) is 10.5. The van der Waals surface area contributed by atoms with Crippen LogP contribution >= 0.6 is 11.6 Å². The van der Waals surface area contributed by atoms with Gasteiger partial charge in [0.05, 0.1) is 5.92 Å². The van der Waals surface area contributed by atoms with Crippen LogP contribution in [0.25, 0.3) is 0 Å². The Bertz CT molecular complexity index is 130. The largest absolute Gasteiger partial charge is 0.314 e. The Hall–Kier alpha value is -0.150. The van der Waals surface area contributed by atoms with Crippen molar-refractivity contribution in [3.8, 4) is 0 Å². The number of rotatable bonds is 5. The topological polar surface area (TPSA) is 29.1 Å². The number of halogens is 2. The highest BCUT2D eigenvalue weighted by Crippen LogP contribution is 2.01. The number of carbonyl (C=O) groups excluding carboxylic acids is 1. The molecule has 4 heteroatoms. The molecule has 0 rings (SSSR count). The van der Waals surface area contributed by atoms with E-state index in [2.05, 4.69) is 5.32 Å². The Morgan fingerprint density at radius 1 is 1.64 bits per heavy atom. The van der Waals surface area contributed by atoms with E-state index in [0.29, 0.717) is 6.54 Å². The van der Waals surface area contributed by atoms with E-state index in [0.717, 1.165) is 0 Å². The lowest BCUT2D eigenvalue weighted by Gasteiger charge is -2.11. The van der Waals surface area contributed by atoms with Crippen molar-refractivity contribution in [2.75, 3.05) is 13.2 Å². The molecule has 0 radical (unpaired) electrons. The number of hydrogen-bond donors (Lipinski definition) is 1. The predicted molar refractivity (Wildman–Crippen MR) is 43.5 cm³/mol. The van der Waals surface area contributed by atoms with Crippen molar-refractivity contribution in [1.82, 2.24) is 5.32 Å². The first-order valence-electron chi connectivity index (χ1n) is 3.56. The zero-order valence-corrected chi connectivity index (χ0v) is 7.49. The Labute approximate surface area is 71.1 Å². The molecule has 0 saturated carbocycles. The first kappa shape index (κ1) is 10.8. The molecule has 1 atom stereocenters. The lowest BCUT2D eigenvalue weighted by atomic mass is 10.2. The molecular weight excluding hydrogens is 169 g/mol. The second-order valence-corrected chi connectivity index (χ2v) is 3.09. The van der Waals surface area contributed by atoms with E-state index >= 15 is 0 Å². The summed E-state index contributed by atoms with van der Waals surface area (Å²) in [6.45, 7) is 3.47. The van der Waals surface area contributed by atoms with Crippen LogP contribution in [-0.4, -0.2) is 24.5 Å². The zero-order chi connectivity index (χ0) is 8.85. The summed E-state index contributed by atoms with van der Waals surface area (Å²) in [5.41, 5.74) is 0. The van der Waals surface area contributed by atoms with Gasteiger partial charge in [-0.2, -0.15) is 0 Å². The van der Waals surface area contributed by atoms with Gasteiger partial charge >= 0.3 is 0 Å². The van der Waals surface area contributed by atoms with Gasteiger partial charge in [-0.1, -0.05) is 13.8 Å². The molecule has 1 N–H and O–H groups in total. The summed E-state index contributed by atoms with van der Waals surface area (Å²) in [5.74, 6) is -0.695. The average molecular weight is 182 g/mol. The maximum absolute atomic E-state index is 12.0. The number of carbonyl (C=O) groups is 1. The molecule has 1 unspecified atom stereocenters. The van der Waals surface area contributed by atoms with Gasteiger partial charge in [0.2, 0.25) is 5.24 Å². The summed E-state index contributed by atoms with van der Waals surface area (Å²) in [5, 5.41) is 2.32. The van der Waals surface area contributed by atoms with E-state index in [1.54, 1.807) is 0 Å². The molecule has 0 saturated heterocycles. The van der Waals surface area contributed by atoms with Crippen molar-refractivity contribution in [2.24, 2.45) is 5.92 Å². The van der Waals surface area contributed by atoms with Crippen LogP contribution in [-0.2, 0) is 4.79 Å². The number of nitrogens with one attached hydrogen (secondary N) is 1. The summed E-state index contributed by atoms with van der Waals surface area (Å²) >= 11 is 5.11. The lowest BCUT2D eigenvalue weighted by molar-refractivity contribution is -0.115. The maximum atomic E-state index is 12.0. The fraction of sp³-hybridized carbons (Fsp3) is 0.857. The van der Waals surface area contributed by atoms with Crippen molar-refractivity contribution in [3.05, 3.63) is 0 Å². The summed E-state index contributed by atoms with van der Waals surface area (Å²) < 4.78 is 12.0. The van der Waals surface area contributed by atoms with Gasteiger partial charge in [0.1, 0.15) is 6.67 Å². The van der Waals surface area contributed by atoms with Crippen LogP contribution in [0.1, 0.15) is 13.8 Å². The molecule has 0 aromatic heterocycles. The fourth-order valence-electron chi connectivity index (χ4n) is 0.573. The first-order valence-corrected chi connectivity index (χ1v) is 3.94. The molecule has 2 nitrogen and oxygen atoms in total. The molecule has 0 heterocycles. The molecule has 0 aliphatic rings. The van der Waals surface area contributed by atoms with E-state index in [1.165, 1.54) is 0 Å². The van der Waals surface area contributed by atoms with Crippen LogP contribution < -0.4 is 5.32 Å². The van der Waals surface area contributed by atoms with E-state index < -0.39 is 17.8 Å². The predicted octanol–water partition coefficient (Wildman–Crippen LogP) is 1.34. The van der Waals surface area contributed by atoms with E-state index in [-0.39, 0.29) is 6.04 Å². The second-order valence-electron chi connectivity index (χ2n) is 2.72. The van der Waals surface area contributed by atoms with Gasteiger partial charge in [0.15, 0.2) is 0 Å². The molecule has 11 heavy (non-hydrogen) atoms. The SMILES string of the molecule is CC(C)NCC(CF)C(=O)Cl. The van der Waals surface area contributed by atoms with Gasteiger partial charge in [-0.3, -0.25) is 9.18 Å². The van der Waals surface area contributed by atoms with Gasteiger partial charge in [0.25, 0.3) is 0 Å². The normalized spacial score (nSPS) is 13.5. The van der Waals surface area contributed by atoms with Gasteiger partial charge < -0.3 is 5.32 Å². The highest BCUT2D eigenvalue weighted by molar-refractivity contribution is 6.64. The highest BCUT2D eigenvalue weighted by atomic mass is 35.5. The van der Waals surface area contributed by atoms with Crippen molar-refractivity contribution in [2.45, 2.75) is 19.9 Å². The Morgan fingerprint density at radius 3 is 2.45 bits per heavy atom. The minimum absolute atomic E-state index is 0.250. The minimum atomic E-state index is -0.695. The number of hydrogen-bond acceptors (Lipinski definition) is 2. The van der Waals surface area contributed by atoms with Crippen LogP contribution in [0.15, 0.2) is 0 Å². The molecule has 0 aromatic carbocycles. The Morgan fingerprint density at radius 2 is 2.18 bits per heavy atom. The van der Waals surface area contributed by atoms with Gasteiger partial charge in [-0.05, 0) is 11.6 Å². The summed E-state index contributed by atoms with van der Waals surface area (Å²) in [6, 6.07) is 0.250. The van der Waals surface area contributed by atoms with Crippen molar-refractivity contribution in [1.29, 1.82) is 0 Å². The monoisotopic (exact) mass is 181 g/mol. The van der Waals surface area contributed by atoms with Crippen LogP contribution in [0, 0.1) is 5.92 Å². The van der Waals surface area contributed by atoms with Crippen LogP contribution in [0.3, 0.4) is 0 Å². The highest BCUT2D eigenvalue weighted by Gasteiger charge is 2.15. The quantitative estimate of drug-likeness (QED) is 0.649. The van der Waals surface area contributed by atoms with Crippen molar-refractivity contribution < 1.29 is 9.18 Å². The smallest absolute Gasteiger partial charge is 0.228 e. The zero-order valence-electron chi connectivity index (χ0n) is 6.73. The third kappa shape index (κ3) is 5.16. The van der Waals surface area contributed by atoms with Crippen LogP contribution in [0.5, 0.6) is 0 Å². The van der Waals surface area contributed by atoms with E-state index in [4.69, 9.17) is 11.6 Å².